The third kappa shape index (κ3) is 3.20. The Hall–Kier alpha value is -0.800. The van der Waals surface area contributed by atoms with Crippen LogP contribution in [0.2, 0.25) is 0 Å². The Balaban J connectivity index is 2.61. The average Bonchev–Trinajstić information content (AvgIpc) is 2.21. The Labute approximate surface area is 84.4 Å². The van der Waals surface area contributed by atoms with Gasteiger partial charge in [-0.15, -0.1) is 0 Å². The largest absolute Gasteiger partial charge is 0.316 e. The van der Waals surface area contributed by atoms with Crippen LogP contribution in [0, 0.1) is 0 Å². The van der Waals surface area contributed by atoms with E-state index in [0.717, 1.165) is 13.1 Å². The van der Waals surface area contributed by atoms with E-state index in [9.17, 15) is 0 Å². The minimum atomic E-state index is 0.318. The summed E-state index contributed by atoms with van der Waals surface area (Å²) in [5.41, 5.74) is 1.23. The summed E-state index contributed by atoms with van der Waals surface area (Å²) >= 11 is 4.98. The Morgan fingerprint density at radius 2 is 2.23 bits per heavy atom. The zero-order valence-corrected chi connectivity index (χ0v) is 8.55. The molecule has 1 aromatic heterocycles. The molecule has 0 amide bonds. The van der Waals surface area contributed by atoms with Gasteiger partial charge >= 0.3 is 0 Å². The number of rotatable bonds is 5. The molecule has 1 N–H and O–H groups in total. The molecule has 1 heterocycles. The van der Waals surface area contributed by atoms with E-state index in [2.05, 4.69) is 17.2 Å². The normalized spacial score (nSPS) is 12.4. The van der Waals surface area contributed by atoms with Gasteiger partial charge in [-0.1, -0.05) is 19.1 Å². The third-order valence-electron chi connectivity index (χ3n) is 1.91. The molecule has 0 saturated carbocycles. The summed E-state index contributed by atoms with van der Waals surface area (Å²) in [5, 5.41) is 5.08. The van der Waals surface area contributed by atoms with Crippen LogP contribution in [-0.2, 0) is 0 Å². The van der Waals surface area contributed by atoms with Crippen molar-refractivity contribution in [3.05, 3.63) is 30.1 Å². The molecule has 70 valence electrons. The van der Waals surface area contributed by atoms with Crippen LogP contribution in [-0.4, -0.2) is 23.4 Å². The molecule has 0 saturated heterocycles. The highest BCUT2D eigenvalue weighted by atomic mass is 32.1. The quantitative estimate of drug-likeness (QED) is 0.723. The molecule has 0 aliphatic carbocycles. The van der Waals surface area contributed by atoms with E-state index in [1.165, 1.54) is 5.56 Å². The fourth-order valence-corrected chi connectivity index (χ4v) is 1.41. The number of thiocarbonyl (C=S) groups is 1. The molecule has 1 atom stereocenters. The van der Waals surface area contributed by atoms with Gasteiger partial charge < -0.3 is 5.32 Å². The van der Waals surface area contributed by atoms with Crippen LogP contribution in [0.3, 0.4) is 0 Å². The van der Waals surface area contributed by atoms with Gasteiger partial charge in [-0.3, -0.25) is 4.98 Å². The minimum absolute atomic E-state index is 0.318. The van der Waals surface area contributed by atoms with Gasteiger partial charge in [0.15, 0.2) is 0 Å². The summed E-state index contributed by atoms with van der Waals surface area (Å²) in [4.78, 5) is 3.97. The Morgan fingerprint density at radius 3 is 2.77 bits per heavy atom. The van der Waals surface area contributed by atoms with Crippen LogP contribution >= 0.6 is 12.2 Å². The number of nitrogens with one attached hydrogen (secondary N) is 1. The monoisotopic (exact) mass is 194 g/mol. The molecule has 1 unspecified atom stereocenters. The van der Waals surface area contributed by atoms with Gasteiger partial charge in [-0.25, -0.2) is 0 Å². The van der Waals surface area contributed by atoms with Crippen molar-refractivity contribution in [2.24, 2.45) is 0 Å². The Bertz CT molecular complexity index is 248. The highest BCUT2D eigenvalue weighted by Gasteiger charge is 2.05. The van der Waals surface area contributed by atoms with Crippen molar-refractivity contribution >= 4 is 17.6 Å². The van der Waals surface area contributed by atoms with E-state index in [0.29, 0.717) is 5.92 Å². The Kier molecular flexibility index (Phi) is 4.57. The standard InChI is InChI=1S/C10H14N2S/c1-2-11-7-10(8-13)9-3-5-12-6-4-9/h3-6,8,10-11H,2,7H2,1H3. The van der Waals surface area contributed by atoms with Gasteiger partial charge in [0.2, 0.25) is 0 Å². The first-order chi connectivity index (χ1) is 6.38. The minimum Gasteiger partial charge on any atom is -0.316 e. The molecule has 0 fully saturated rings. The molecule has 0 aromatic carbocycles. The van der Waals surface area contributed by atoms with Crippen molar-refractivity contribution in [2.45, 2.75) is 12.8 Å². The molecule has 3 heteroatoms. The van der Waals surface area contributed by atoms with Crippen LogP contribution in [0.5, 0.6) is 0 Å². The summed E-state index contributed by atoms with van der Waals surface area (Å²) in [7, 11) is 0. The summed E-state index contributed by atoms with van der Waals surface area (Å²) in [6.45, 7) is 3.97. The van der Waals surface area contributed by atoms with Gasteiger partial charge in [0.05, 0.1) is 0 Å². The summed E-state index contributed by atoms with van der Waals surface area (Å²) < 4.78 is 0. The topological polar surface area (TPSA) is 24.9 Å². The van der Waals surface area contributed by atoms with Gasteiger partial charge in [0.25, 0.3) is 0 Å². The maximum Gasteiger partial charge on any atom is 0.0270 e. The van der Waals surface area contributed by atoms with Crippen LogP contribution in [0.4, 0.5) is 0 Å². The number of likely N-dealkylation sites (N-methyl/N-ethyl adjacent to an activating group) is 1. The SMILES string of the molecule is CCNCC(C=S)c1ccncc1. The number of nitrogens with zero attached hydrogens (tertiary/aromatic N) is 1. The lowest BCUT2D eigenvalue weighted by Crippen LogP contribution is -2.21. The molecule has 13 heavy (non-hydrogen) atoms. The summed E-state index contributed by atoms with van der Waals surface area (Å²) in [6, 6.07) is 4.01. The number of pyridine rings is 1. The van der Waals surface area contributed by atoms with Crippen LogP contribution in [0.25, 0.3) is 0 Å². The first kappa shape index (κ1) is 10.3. The van der Waals surface area contributed by atoms with E-state index in [1.54, 1.807) is 17.8 Å². The maximum atomic E-state index is 4.98. The second-order valence-corrected chi connectivity index (χ2v) is 3.10. The van der Waals surface area contributed by atoms with E-state index in [4.69, 9.17) is 12.2 Å². The van der Waals surface area contributed by atoms with Crippen molar-refractivity contribution in [3.63, 3.8) is 0 Å². The lowest BCUT2D eigenvalue weighted by Gasteiger charge is -2.11. The summed E-state index contributed by atoms with van der Waals surface area (Å²) in [6.07, 6.45) is 3.60. The number of aromatic nitrogens is 1. The first-order valence-corrected chi connectivity index (χ1v) is 4.91. The highest BCUT2D eigenvalue weighted by molar-refractivity contribution is 7.79. The molecular weight excluding hydrogens is 180 g/mol. The summed E-state index contributed by atoms with van der Waals surface area (Å²) in [5.74, 6) is 0.318. The molecular formula is C10H14N2S. The maximum absolute atomic E-state index is 4.98. The van der Waals surface area contributed by atoms with E-state index >= 15 is 0 Å². The second-order valence-electron chi connectivity index (χ2n) is 2.83. The highest BCUT2D eigenvalue weighted by Crippen LogP contribution is 2.11. The predicted molar refractivity (Wildman–Crippen MR) is 59.2 cm³/mol. The second kappa shape index (κ2) is 5.78. The first-order valence-electron chi connectivity index (χ1n) is 4.44. The zero-order chi connectivity index (χ0) is 9.52. The molecule has 1 aromatic rings. The van der Waals surface area contributed by atoms with Crippen LogP contribution < -0.4 is 5.32 Å². The van der Waals surface area contributed by atoms with Crippen LogP contribution in [0.15, 0.2) is 24.5 Å². The molecule has 0 aliphatic heterocycles. The smallest absolute Gasteiger partial charge is 0.0270 e. The molecule has 0 bridgehead atoms. The fraction of sp³-hybridized carbons (Fsp3) is 0.400. The van der Waals surface area contributed by atoms with Crippen molar-refractivity contribution in [2.75, 3.05) is 13.1 Å². The van der Waals surface area contributed by atoms with Crippen molar-refractivity contribution < 1.29 is 0 Å². The third-order valence-corrected chi connectivity index (χ3v) is 2.24. The molecule has 0 aliphatic rings. The lowest BCUT2D eigenvalue weighted by atomic mass is 10.0. The van der Waals surface area contributed by atoms with Gasteiger partial charge in [0.1, 0.15) is 0 Å². The number of hydrogen-bond donors (Lipinski definition) is 1. The molecule has 2 nitrogen and oxygen atoms in total. The molecule has 0 radical (unpaired) electrons. The molecule has 1 rings (SSSR count). The van der Waals surface area contributed by atoms with Gasteiger partial charge in [0, 0.05) is 24.9 Å². The Morgan fingerprint density at radius 1 is 1.54 bits per heavy atom. The van der Waals surface area contributed by atoms with Crippen molar-refractivity contribution in [1.29, 1.82) is 0 Å². The van der Waals surface area contributed by atoms with E-state index < -0.39 is 0 Å². The van der Waals surface area contributed by atoms with E-state index in [-0.39, 0.29) is 0 Å². The lowest BCUT2D eigenvalue weighted by molar-refractivity contribution is 0.695. The van der Waals surface area contributed by atoms with Crippen molar-refractivity contribution in [1.82, 2.24) is 10.3 Å². The van der Waals surface area contributed by atoms with Gasteiger partial charge in [-0.05, 0) is 29.6 Å². The van der Waals surface area contributed by atoms with E-state index in [1.807, 2.05) is 12.1 Å². The number of hydrogen-bond acceptors (Lipinski definition) is 3. The van der Waals surface area contributed by atoms with Crippen LogP contribution in [0.1, 0.15) is 18.4 Å². The van der Waals surface area contributed by atoms with Gasteiger partial charge in [-0.2, -0.15) is 0 Å². The zero-order valence-electron chi connectivity index (χ0n) is 7.73. The fourth-order valence-electron chi connectivity index (χ4n) is 1.16. The molecule has 0 spiro atoms. The van der Waals surface area contributed by atoms with Crippen molar-refractivity contribution in [3.8, 4) is 0 Å². The average molecular weight is 194 g/mol. The predicted octanol–water partition coefficient (Wildman–Crippen LogP) is 1.77.